The Kier molecular flexibility index (Phi) is 5.10. The molecular formula is C17H24N2O4S. The number of hydrogen-bond donors (Lipinski definition) is 2. The van der Waals surface area contributed by atoms with Gasteiger partial charge in [-0.3, -0.25) is 4.79 Å². The third-order valence-corrected chi connectivity index (χ3v) is 6.10. The number of amides is 1. The maximum Gasteiger partial charge on any atom is 0.251 e. The van der Waals surface area contributed by atoms with Crippen LogP contribution in [0.5, 0.6) is 5.75 Å². The molecule has 0 bridgehead atoms. The van der Waals surface area contributed by atoms with Crippen LogP contribution in [0, 0.1) is 0 Å². The SMILES string of the molecule is COc1ccc(C(=O)NC2CCCCC2)cc1S(=O)(=O)NC1CC1. The lowest BCUT2D eigenvalue weighted by molar-refractivity contribution is 0.0927. The van der Waals surface area contributed by atoms with Crippen molar-refractivity contribution >= 4 is 15.9 Å². The van der Waals surface area contributed by atoms with Gasteiger partial charge in [0.15, 0.2) is 0 Å². The summed E-state index contributed by atoms with van der Waals surface area (Å²) in [6, 6.07) is 4.73. The predicted octanol–water partition coefficient (Wildman–Crippen LogP) is 2.20. The second-order valence-electron chi connectivity index (χ2n) is 6.57. The van der Waals surface area contributed by atoms with E-state index in [-0.39, 0.29) is 28.6 Å². The fourth-order valence-corrected chi connectivity index (χ4v) is 4.53. The van der Waals surface area contributed by atoms with Crippen molar-refractivity contribution in [2.75, 3.05) is 7.11 Å². The van der Waals surface area contributed by atoms with Gasteiger partial charge in [0.05, 0.1) is 7.11 Å². The molecule has 1 aromatic rings. The number of rotatable bonds is 6. The summed E-state index contributed by atoms with van der Waals surface area (Å²) >= 11 is 0. The van der Waals surface area contributed by atoms with Gasteiger partial charge in [-0.05, 0) is 43.9 Å². The molecule has 0 unspecified atom stereocenters. The first-order valence-electron chi connectivity index (χ1n) is 8.51. The highest BCUT2D eigenvalue weighted by Crippen LogP contribution is 2.28. The second-order valence-corrected chi connectivity index (χ2v) is 8.25. The Balaban J connectivity index is 1.81. The van der Waals surface area contributed by atoms with E-state index in [9.17, 15) is 13.2 Å². The molecule has 2 N–H and O–H groups in total. The number of hydrogen-bond acceptors (Lipinski definition) is 4. The minimum atomic E-state index is -3.68. The van der Waals surface area contributed by atoms with Gasteiger partial charge in [-0.2, -0.15) is 0 Å². The first kappa shape index (κ1) is 17.2. The van der Waals surface area contributed by atoms with Crippen molar-refractivity contribution in [1.82, 2.24) is 10.0 Å². The zero-order chi connectivity index (χ0) is 17.2. The predicted molar refractivity (Wildman–Crippen MR) is 90.7 cm³/mol. The number of methoxy groups -OCH3 is 1. The lowest BCUT2D eigenvalue weighted by atomic mass is 9.95. The molecule has 1 amide bonds. The first-order chi connectivity index (χ1) is 11.5. The maximum absolute atomic E-state index is 12.5. The quantitative estimate of drug-likeness (QED) is 0.822. The third-order valence-electron chi connectivity index (χ3n) is 4.55. The topological polar surface area (TPSA) is 84.5 Å². The van der Waals surface area contributed by atoms with Crippen LogP contribution in [0.4, 0.5) is 0 Å². The van der Waals surface area contributed by atoms with E-state index in [2.05, 4.69) is 10.0 Å². The van der Waals surface area contributed by atoms with Crippen LogP contribution in [-0.4, -0.2) is 33.5 Å². The Labute approximate surface area is 143 Å². The molecule has 0 radical (unpaired) electrons. The van der Waals surface area contributed by atoms with Crippen molar-refractivity contribution in [1.29, 1.82) is 0 Å². The van der Waals surface area contributed by atoms with Gasteiger partial charge in [0.1, 0.15) is 10.6 Å². The Bertz CT molecular complexity index is 707. The minimum Gasteiger partial charge on any atom is -0.495 e. The van der Waals surface area contributed by atoms with Gasteiger partial charge in [0.2, 0.25) is 10.0 Å². The standard InChI is InChI=1S/C17H24N2O4S/c1-23-15-10-7-12(17(20)18-13-5-3-2-4-6-13)11-16(15)24(21,22)19-14-8-9-14/h7,10-11,13-14,19H,2-6,8-9H2,1H3,(H,18,20). The van der Waals surface area contributed by atoms with Gasteiger partial charge >= 0.3 is 0 Å². The summed E-state index contributed by atoms with van der Waals surface area (Å²) in [5.74, 6) is 0.0183. The summed E-state index contributed by atoms with van der Waals surface area (Å²) in [6.07, 6.45) is 7.13. The smallest absolute Gasteiger partial charge is 0.251 e. The number of carbonyl (C=O) groups is 1. The molecule has 6 nitrogen and oxygen atoms in total. The molecule has 0 spiro atoms. The van der Waals surface area contributed by atoms with Crippen LogP contribution >= 0.6 is 0 Å². The van der Waals surface area contributed by atoms with Crippen LogP contribution in [0.3, 0.4) is 0 Å². The fraction of sp³-hybridized carbons (Fsp3) is 0.588. The summed E-state index contributed by atoms with van der Waals surface area (Å²) in [5.41, 5.74) is 0.345. The number of carbonyl (C=O) groups excluding carboxylic acids is 1. The Morgan fingerprint density at radius 3 is 2.42 bits per heavy atom. The van der Waals surface area contributed by atoms with E-state index in [1.54, 1.807) is 6.07 Å². The number of benzene rings is 1. The maximum atomic E-state index is 12.5. The van der Waals surface area contributed by atoms with Crippen molar-refractivity contribution in [2.24, 2.45) is 0 Å². The van der Waals surface area contributed by atoms with Gasteiger partial charge in [0, 0.05) is 17.6 Å². The van der Waals surface area contributed by atoms with Gasteiger partial charge < -0.3 is 10.1 Å². The molecule has 7 heteroatoms. The molecule has 0 atom stereocenters. The largest absolute Gasteiger partial charge is 0.495 e. The summed E-state index contributed by atoms with van der Waals surface area (Å²) < 4.78 is 32.8. The summed E-state index contributed by atoms with van der Waals surface area (Å²) in [6.45, 7) is 0. The van der Waals surface area contributed by atoms with Crippen molar-refractivity contribution in [3.8, 4) is 5.75 Å². The fourth-order valence-electron chi connectivity index (χ4n) is 3.03. The van der Waals surface area contributed by atoms with E-state index in [1.165, 1.54) is 25.7 Å². The molecule has 3 rings (SSSR count). The van der Waals surface area contributed by atoms with Crippen LogP contribution in [0.25, 0.3) is 0 Å². The lowest BCUT2D eigenvalue weighted by Gasteiger charge is -2.23. The lowest BCUT2D eigenvalue weighted by Crippen LogP contribution is -2.36. The van der Waals surface area contributed by atoms with Crippen molar-refractivity contribution < 1.29 is 17.9 Å². The van der Waals surface area contributed by atoms with Crippen molar-refractivity contribution in [3.05, 3.63) is 23.8 Å². The Morgan fingerprint density at radius 2 is 1.79 bits per heavy atom. The van der Waals surface area contributed by atoms with Crippen molar-refractivity contribution in [2.45, 2.75) is 61.9 Å². The summed E-state index contributed by atoms with van der Waals surface area (Å²) in [4.78, 5) is 12.5. The van der Waals surface area contributed by atoms with E-state index >= 15 is 0 Å². The molecule has 0 heterocycles. The molecule has 132 valence electrons. The van der Waals surface area contributed by atoms with E-state index in [0.29, 0.717) is 5.56 Å². The monoisotopic (exact) mass is 352 g/mol. The van der Waals surface area contributed by atoms with Gasteiger partial charge in [-0.15, -0.1) is 0 Å². The van der Waals surface area contributed by atoms with Crippen molar-refractivity contribution in [3.63, 3.8) is 0 Å². The molecule has 0 aromatic heterocycles. The average Bonchev–Trinajstić information content (AvgIpc) is 3.38. The molecule has 2 fully saturated rings. The zero-order valence-electron chi connectivity index (χ0n) is 13.9. The Hall–Kier alpha value is -1.60. The molecular weight excluding hydrogens is 328 g/mol. The van der Waals surface area contributed by atoms with Crippen LogP contribution in [-0.2, 0) is 10.0 Å². The Morgan fingerprint density at radius 1 is 1.08 bits per heavy atom. The molecule has 0 saturated heterocycles. The first-order valence-corrected chi connectivity index (χ1v) is 9.99. The minimum absolute atomic E-state index is 0.000530. The molecule has 2 aliphatic rings. The highest BCUT2D eigenvalue weighted by atomic mass is 32.2. The van der Waals surface area contributed by atoms with Crippen LogP contribution < -0.4 is 14.8 Å². The van der Waals surface area contributed by atoms with E-state index < -0.39 is 10.0 Å². The summed E-state index contributed by atoms with van der Waals surface area (Å²) in [5, 5.41) is 3.01. The number of ether oxygens (including phenoxy) is 1. The normalized spacial score (nSPS) is 19.0. The van der Waals surface area contributed by atoms with E-state index in [0.717, 1.165) is 38.5 Å². The van der Waals surface area contributed by atoms with Crippen LogP contribution in [0.2, 0.25) is 0 Å². The molecule has 1 aromatic carbocycles. The molecule has 0 aliphatic heterocycles. The third kappa shape index (κ3) is 4.08. The number of nitrogens with one attached hydrogen (secondary N) is 2. The van der Waals surface area contributed by atoms with Crippen LogP contribution in [0.1, 0.15) is 55.3 Å². The second kappa shape index (κ2) is 7.11. The average molecular weight is 352 g/mol. The van der Waals surface area contributed by atoms with Gasteiger partial charge in [-0.1, -0.05) is 19.3 Å². The van der Waals surface area contributed by atoms with Gasteiger partial charge in [0.25, 0.3) is 5.91 Å². The van der Waals surface area contributed by atoms with Gasteiger partial charge in [-0.25, -0.2) is 13.1 Å². The molecule has 2 saturated carbocycles. The molecule has 24 heavy (non-hydrogen) atoms. The van der Waals surface area contributed by atoms with E-state index in [1.807, 2.05) is 0 Å². The highest BCUT2D eigenvalue weighted by molar-refractivity contribution is 7.89. The van der Waals surface area contributed by atoms with Crippen LogP contribution in [0.15, 0.2) is 23.1 Å². The van der Waals surface area contributed by atoms with E-state index in [4.69, 9.17) is 4.74 Å². The number of sulfonamides is 1. The summed E-state index contributed by atoms with van der Waals surface area (Å²) in [7, 11) is -2.26. The highest BCUT2D eigenvalue weighted by Gasteiger charge is 2.30. The zero-order valence-corrected chi connectivity index (χ0v) is 14.7. The molecule has 2 aliphatic carbocycles.